The van der Waals surface area contributed by atoms with Crippen molar-refractivity contribution in [1.82, 2.24) is 0 Å². The molecule has 0 N–H and O–H groups in total. The molecule has 114 valence electrons. The number of hydrogen-bond donors (Lipinski definition) is 0. The van der Waals surface area contributed by atoms with Crippen LogP contribution in [0, 0.1) is 12.8 Å². The van der Waals surface area contributed by atoms with Gasteiger partial charge in [-0.25, -0.2) is 4.39 Å². The number of carbonyl (C=O) groups excluding carboxylic acids is 1. The van der Waals surface area contributed by atoms with Crippen LogP contribution in [0.5, 0.6) is 0 Å². The number of hydrogen-bond acceptors (Lipinski definition) is 1. The zero-order chi connectivity index (χ0) is 15.2. The van der Waals surface area contributed by atoms with Crippen LogP contribution in [0.2, 0.25) is 0 Å². The molecule has 1 saturated carbocycles. The van der Waals surface area contributed by atoms with Crippen LogP contribution in [-0.4, -0.2) is 13.0 Å². The number of rotatable bonds is 7. The number of halogens is 1. The van der Waals surface area contributed by atoms with E-state index < -0.39 is 5.91 Å². The second-order valence-electron chi connectivity index (χ2n) is 5.89. The van der Waals surface area contributed by atoms with Gasteiger partial charge in [-0.15, -0.1) is 0 Å². The minimum atomic E-state index is -0.869. The summed E-state index contributed by atoms with van der Waals surface area (Å²) in [6.07, 6.45) is 8.65. The first-order chi connectivity index (χ1) is 10.2. The van der Waals surface area contributed by atoms with Gasteiger partial charge in [0.1, 0.15) is 12.2 Å². The van der Waals surface area contributed by atoms with Gasteiger partial charge in [-0.1, -0.05) is 46.0 Å². The lowest BCUT2D eigenvalue weighted by Gasteiger charge is -2.25. The van der Waals surface area contributed by atoms with E-state index in [1.165, 1.54) is 19.3 Å². The number of benzene rings is 1. The van der Waals surface area contributed by atoms with Crippen molar-refractivity contribution >= 4 is 20.4 Å². The van der Waals surface area contributed by atoms with Crippen molar-refractivity contribution in [3.8, 4) is 0 Å². The van der Waals surface area contributed by atoms with E-state index in [0.29, 0.717) is 0 Å². The summed E-state index contributed by atoms with van der Waals surface area (Å²) >= 11 is 0. The maximum Gasteiger partial charge on any atom is 0.143 e. The Morgan fingerprint density at radius 2 is 2.24 bits per heavy atom. The number of carbonyl (C=O) groups is 1. The molecule has 1 fully saturated rings. The molecule has 21 heavy (non-hydrogen) atoms. The highest BCUT2D eigenvalue weighted by Gasteiger charge is 2.18. The summed E-state index contributed by atoms with van der Waals surface area (Å²) in [7, 11) is 0.264. The second kappa shape index (κ2) is 7.84. The van der Waals surface area contributed by atoms with Gasteiger partial charge < -0.3 is 0 Å². The number of aldehydes is 1. The van der Waals surface area contributed by atoms with E-state index in [2.05, 4.69) is 0 Å². The van der Waals surface area contributed by atoms with Crippen LogP contribution < -0.4 is 0 Å². The Morgan fingerprint density at radius 3 is 2.76 bits per heavy atom. The van der Waals surface area contributed by atoms with E-state index in [4.69, 9.17) is 0 Å². The van der Waals surface area contributed by atoms with Crippen LogP contribution in [0.1, 0.15) is 54.7 Å². The fourth-order valence-corrected chi connectivity index (χ4v) is 3.42. The van der Waals surface area contributed by atoms with Crippen LogP contribution in [-0.2, 0) is 4.79 Å². The van der Waals surface area contributed by atoms with Crippen LogP contribution in [0.4, 0.5) is 4.39 Å². The van der Waals surface area contributed by atoms with Crippen molar-refractivity contribution in [3.05, 3.63) is 41.0 Å². The molecule has 2 rings (SSSR count). The SMILES string of the molecule is CPC(F)c1ccc(/C(=C/C=O)CCC2CCC2)c(C)c1. The zero-order valence-corrected chi connectivity index (χ0v) is 13.9. The van der Waals surface area contributed by atoms with Gasteiger partial charge in [0, 0.05) is 0 Å². The molecule has 0 saturated heterocycles. The molecule has 1 aromatic rings. The van der Waals surface area contributed by atoms with Gasteiger partial charge in [0.05, 0.1) is 0 Å². The Kier molecular flexibility index (Phi) is 6.11. The Balaban J connectivity index is 2.15. The third-order valence-electron chi connectivity index (χ3n) is 4.46. The predicted molar refractivity (Wildman–Crippen MR) is 89.9 cm³/mol. The van der Waals surface area contributed by atoms with E-state index in [0.717, 1.165) is 47.3 Å². The lowest BCUT2D eigenvalue weighted by Crippen LogP contribution is -2.10. The van der Waals surface area contributed by atoms with E-state index in [1.807, 2.05) is 31.8 Å². The van der Waals surface area contributed by atoms with Gasteiger partial charge in [-0.2, -0.15) is 0 Å². The molecule has 0 amide bonds. The molecule has 1 nitrogen and oxygen atoms in total. The molecule has 0 aliphatic heterocycles. The fourth-order valence-electron chi connectivity index (χ4n) is 2.90. The first-order valence-corrected chi connectivity index (χ1v) is 9.30. The standard InChI is InChI=1S/C18H24FOP/c1-13-12-16(18(19)21-2)8-9-17(13)15(10-11-20)7-6-14-4-3-5-14/h8-12,14,18,21H,3-7H2,1-2H3/b15-10+. The highest BCUT2D eigenvalue weighted by molar-refractivity contribution is 7.37. The van der Waals surface area contributed by atoms with Gasteiger partial charge in [0.15, 0.2) is 0 Å². The van der Waals surface area contributed by atoms with Gasteiger partial charge in [0.25, 0.3) is 0 Å². The summed E-state index contributed by atoms with van der Waals surface area (Å²) in [6, 6.07) is 5.78. The normalized spacial score (nSPS) is 18.0. The monoisotopic (exact) mass is 306 g/mol. The largest absolute Gasteiger partial charge is 0.299 e. The van der Waals surface area contributed by atoms with Crippen molar-refractivity contribution < 1.29 is 9.18 Å². The van der Waals surface area contributed by atoms with E-state index in [9.17, 15) is 9.18 Å². The van der Waals surface area contributed by atoms with Crippen LogP contribution in [0.3, 0.4) is 0 Å². The summed E-state index contributed by atoms with van der Waals surface area (Å²) in [5.74, 6) is -0.0395. The fraction of sp³-hybridized carbons (Fsp3) is 0.500. The van der Waals surface area contributed by atoms with Gasteiger partial charge in [-0.3, -0.25) is 4.79 Å². The number of alkyl halides is 1. The van der Waals surface area contributed by atoms with Crippen LogP contribution in [0.25, 0.3) is 5.57 Å². The van der Waals surface area contributed by atoms with Crippen molar-refractivity contribution in [1.29, 1.82) is 0 Å². The molecule has 1 aromatic carbocycles. The van der Waals surface area contributed by atoms with Crippen molar-refractivity contribution in [2.24, 2.45) is 5.92 Å². The number of allylic oxidation sites excluding steroid dienone is 2. The first kappa shape index (κ1) is 16.4. The molecule has 0 aromatic heterocycles. The molecule has 1 aliphatic carbocycles. The Labute approximate surface area is 128 Å². The van der Waals surface area contributed by atoms with Crippen LogP contribution >= 0.6 is 8.58 Å². The molecule has 0 radical (unpaired) electrons. The van der Waals surface area contributed by atoms with E-state index >= 15 is 0 Å². The van der Waals surface area contributed by atoms with Crippen molar-refractivity contribution in [2.75, 3.05) is 6.66 Å². The maximum atomic E-state index is 13.8. The lowest BCUT2D eigenvalue weighted by molar-refractivity contribution is -0.104. The van der Waals surface area contributed by atoms with Crippen molar-refractivity contribution in [3.63, 3.8) is 0 Å². The minimum Gasteiger partial charge on any atom is -0.299 e. The number of aryl methyl sites for hydroxylation is 1. The zero-order valence-electron chi connectivity index (χ0n) is 12.9. The molecular weight excluding hydrogens is 282 g/mol. The smallest absolute Gasteiger partial charge is 0.143 e. The topological polar surface area (TPSA) is 17.1 Å². The summed E-state index contributed by atoms with van der Waals surface area (Å²) in [5.41, 5.74) is 4.00. The van der Waals surface area contributed by atoms with E-state index in [1.54, 1.807) is 6.08 Å². The Morgan fingerprint density at radius 1 is 1.48 bits per heavy atom. The minimum absolute atomic E-state index is 0.264. The lowest BCUT2D eigenvalue weighted by atomic mass is 9.80. The molecule has 0 bridgehead atoms. The molecule has 3 heteroatoms. The molecular formula is C18H24FOP. The second-order valence-corrected chi connectivity index (χ2v) is 6.97. The van der Waals surface area contributed by atoms with Gasteiger partial charge >= 0.3 is 0 Å². The molecule has 2 unspecified atom stereocenters. The maximum absolute atomic E-state index is 13.8. The quantitative estimate of drug-likeness (QED) is 0.373. The first-order valence-electron chi connectivity index (χ1n) is 7.72. The highest BCUT2D eigenvalue weighted by atomic mass is 31.1. The van der Waals surface area contributed by atoms with Gasteiger partial charge in [0.2, 0.25) is 0 Å². The van der Waals surface area contributed by atoms with Crippen molar-refractivity contribution in [2.45, 2.75) is 44.9 Å². The molecule has 2 atom stereocenters. The highest BCUT2D eigenvalue weighted by Crippen LogP contribution is 2.36. The summed E-state index contributed by atoms with van der Waals surface area (Å²) in [5, 5.41) is 0. The summed E-state index contributed by atoms with van der Waals surface area (Å²) in [4.78, 5) is 10.9. The molecule has 0 heterocycles. The third kappa shape index (κ3) is 4.23. The van der Waals surface area contributed by atoms with Crippen LogP contribution in [0.15, 0.2) is 24.3 Å². The molecule has 1 aliphatic rings. The summed E-state index contributed by atoms with van der Waals surface area (Å²) in [6.45, 7) is 3.89. The third-order valence-corrected chi connectivity index (χ3v) is 5.30. The van der Waals surface area contributed by atoms with Gasteiger partial charge in [-0.05, 0) is 60.7 Å². The average Bonchev–Trinajstić information content (AvgIpc) is 2.44. The van der Waals surface area contributed by atoms with E-state index in [-0.39, 0.29) is 8.58 Å². The predicted octanol–water partition coefficient (Wildman–Crippen LogP) is 5.43. The molecule has 0 spiro atoms. The average molecular weight is 306 g/mol. The Bertz CT molecular complexity index is 520. The Hall–Kier alpha value is -1.01. The summed E-state index contributed by atoms with van der Waals surface area (Å²) < 4.78 is 13.8.